The zero-order valence-electron chi connectivity index (χ0n) is 9.83. The number of nitrogens with zero attached hydrogens (tertiary/aromatic N) is 1. The number of hydrogen-bond donors (Lipinski definition) is 2. The lowest BCUT2D eigenvalue weighted by atomic mass is 10.2. The number of ether oxygens (including phenoxy) is 1. The predicted octanol–water partition coefficient (Wildman–Crippen LogP) is -0.252. The Morgan fingerprint density at radius 3 is 2.72 bits per heavy atom. The van der Waals surface area contributed by atoms with E-state index in [4.69, 9.17) is 15.6 Å². The number of pyridine rings is 1. The Balaban J connectivity index is 3.08. The number of carbonyl (C=O) groups is 2. The van der Waals surface area contributed by atoms with Crippen LogP contribution in [-0.4, -0.2) is 28.2 Å². The molecule has 0 aromatic carbocycles. The quantitative estimate of drug-likeness (QED) is 0.726. The molecule has 3 N–H and O–H groups in total. The van der Waals surface area contributed by atoms with E-state index in [0.29, 0.717) is 0 Å². The minimum atomic E-state index is -1.10. The lowest BCUT2D eigenvalue weighted by Gasteiger charge is -2.14. The van der Waals surface area contributed by atoms with Gasteiger partial charge in [-0.15, -0.1) is 0 Å². The van der Waals surface area contributed by atoms with Crippen LogP contribution in [0.1, 0.15) is 19.4 Å². The molecule has 18 heavy (non-hydrogen) atoms. The van der Waals surface area contributed by atoms with Crippen LogP contribution in [0.4, 0.5) is 0 Å². The summed E-state index contributed by atoms with van der Waals surface area (Å²) in [5, 5.41) is 8.99. The third kappa shape index (κ3) is 3.09. The predicted molar refractivity (Wildman–Crippen MR) is 62.4 cm³/mol. The summed E-state index contributed by atoms with van der Waals surface area (Å²) in [6.45, 7) is 1.23. The molecule has 1 heterocycles. The van der Waals surface area contributed by atoms with E-state index in [0.717, 1.165) is 4.57 Å². The smallest absolute Gasteiger partial charge is 0.326 e. The summed E-state index contributed by atoms with van der Waals surface area (Å²) in [6, 6.07) is 1.87. The number of carbonyl (C=O) groups excluding carboxylic acids is 1. The van der Waals surface area contributed by atoms with E-state index >= 15 is 0 Å². The van der Waals surface area contributed by atoms with Gasteiger partial charge in [-0.2, -0.15) is 0 Å². The van der Waals surface area contributed by atoms with Crippen molar-refractivity contribution in [1.82, 2.24) is 4.57 Å². The van der Waals surface area contributed by atoms with Gasteiger partial charge < -0.3 is 15.6 Å². The molecule has 1 amide bonds. The minimum absolute atomic E-state index is 0.101. The monoisotopic (exact) mass is 254 g/mol. The lowest BCUT2D eigenvalue weighted by molar-refractivity contribution is -0.141. The third-order valence-electron chi connectivity index (χ3n) is 2.32. The molecule has 0 aliphatic heterocycles. The number of rotatable bonds is 6. The Bertz CT molecular complexity index is 508. The van der Waals surface area contributed by atoms with E-state index in [1.54, 1.807) is 6.92 Å². The van der Waals surface area contributed by atoms with Crippen LogP contribution in [-0.2, 0) is 9.59 Å². The molecule has 0 aliphatic carbocycles. The molecule has 1 rings (SSSR count). The second-order valence-corrected chi connectivity index (χ2v) is 3.60. The summed E-state index contributed by atoms with van der Waals surface area (Å²) in [5.41, 5.74) is 4.29. The molecule has 1 aromatic heterocycles. The van der Waals surface area contributed by atoms with Crippen molar-refractivity contribution >= 4 is 11.9 Å². The first-order valence-electron chi connectivity index (χ1n) is 5.32. The SMILES string of the molecule is CCC(C(=O)O)n1cccc(OCC(N)=O)c1=O. The van der Waals surface area contributed by atoms with Gasteiger partial charge in [0.25, 0.3) is 11.5 Å². The highest BCUT2D eigenvalue weighted by atomic mass is 16.5. The number of carboxylic acid groups (broad SMARTS) is 1. The summed E-state index contributed by atoms with van der Waals surface area (Å²) in [5.74, 6) is -1.92. The molecule has 0 bridgehead atoms. The number of primary amides is 1. The van der Waals surface area contributed by atoms with Crippen LogP contribution in [0.25, 0.3) is 0 Å². The highest BCUT2D eigenvalue weighted by Gasteiger charge is 2.19. The fourth-order valence-electron chi connectivity index (χ4n) is 1.48. The molecule has 0 radical (unpaired) electrons. The van der Waals surface area contributed by atoms with Crippen molar-refractivity contribution in [1.29, 1.82) is 0 Å². The van der Waals surface area contributed by atoms with Crippen LogP contribution in [0, 0.1) is 0 Å². The van der Waals surface area contributed by atoms with Crippen molar-refractivity contribution in [2.45, 2.75) is 19.4 Å². The second kappa shape index (κ2) is 5.85. The van der Waals surface area contributed by atoms with Crippen LogP contribution in [0.3, 0.4) is 0 Å². The molecule has 7 heteroatoms. The molecule has 1 unspecified atom stereocenters. The van der Waals surface area contributed by atoms with Crippen LogP contribution in [0.2, 0.25) is 0 Å². The Morgan fingerprint density at radius 1 is 1.56 bits per heavy atom. The average Bonchev–Trinajstić information content (AvgIpc) is 2.30. The van der Waals surface area contributed by atoms with Crippen LogP contribution in [0.15, 0.2) is 23.1 Å². The maximum absolute atomic E-state index is 11.9. The molecule has 7 nitrogen and oxygen atoms in total. The average molecular weight is 254 g/mol. The van der Waals surface area contributed by atoms with Crippen LogP contribution < -0.4 is 16.0 Å². The Labute approximate surface area is 103 Å². The van der Waals surface area contributed by atoms with Crippen molar-refractivity contribution in [2.24, 2.45) is 5.73 Å². The fourth-order valence-corrected chi connectivity index (χ4v) is 1.48. The van der Waals surface area contributed by atoms with Gasteiger partial charge in [-0.25, -0.2) is 4.79 Å². The van der Waals surface area contributed by atoms with Gasteiger partial charge in [0, 0.05) is 6.20 Å². The van der Waals surface area contributed by atoms with Gasteiger partial charge in [0.2, 0.25) is 0 Å². The number of hydrogen-bond acceptors (Lipinski definition) is 4. The zero-order chi connectivity index (χ0) is 13.7. The standard InChI is InChI=1S/C11H14N2O5/c1-2-7(11(16)17)13-5-3-4-8(10(13)15)18-6-9(12)14/h3-5,7H,2,6H2,1H3,(H2,12,14)(H,16,17). The third-order valence-corrected chi connectivity index (χ3v) is 2.32. The summed E-state index contributed by atoms with van der Waals surface area (Å²) < 4.78 is 5.97. The summed E-state index contributed by atoms with van der Waals surface area (Å²) >= 11 is 0. The van der Waals surface area contributed by atoms with Gasteiger partial charge in [0.15, 0.2) is 12.4 Å². The van der Waals surface area contributed by atoms with Gasteiger partial charge in [0.05, 0.1) is 0 Å². The molecule has 0 saturated carbocycles. The van der Waals surface area contributed by atoms with Crippen LogP contribution >= 0.6 is 0 Å². The van der Waals surface area contributed by atoms with Gasteiger partial charge in [-0.3, -0.25) is 14.2 Å². The zero-order valence-corrected chi connectivity index (χ0v) is 9.83. The number of carboxylic acids is 1. The first-order chi connectivity index (χ1) is 8.47. The van der Waals surface area contributed by atoms with E-state index < -0.39 is 30.1 Å². The van der Waals surface area contributed by atoms with Crippen molar-refractivity contribution in [2.75, 3.05) is 6.61 Å². The van der Waals surface area contributed by atoms with Gasteiger partial charge >= 0.3 is 5.97 Å². The summed E-state index contributed by atoms with van der Waals surface area (Å²) in [6.07, 6.45) is 1.62. The van der Waals surface area contributed by atoms with Crippen molar-refractivity contribution < 1.29 is 19.4 Å². The highest BCUT2D eigenvalue weighted by molar-refractivity contribution is 5.75. The summed E-state index contributed by atoms with van der Waals surface area (Å²) in [4.78, 5) is 33.5. The molecule has 0 fully saturated rings. The first-order valence-corrected chi connectivity index (χ1v) is 5.32. The lowest BCUT2D eigenvalue weighted by Crippen LogP contribution is -2.31. The largest absolute Gasteiger partial charge is 0.480 e. The second-order valence-electron chi connectivity index (χ2n) is 3.60. The normalized spacial score (nSPS) is 11.8. The molecule has 0 aliphatic rings. The van der Waals surface area contributed by atoms with Crippen molar-refractivity contribution in [3.8, 4) is 5.75 Å². The van der Waals surface area contributed by atoms with E-state index in [1.807, 2.05) is 0 Å². The maximum atomic E-state index is 11.9. The topological polar surface area (TPSA) is 112 Å². The van der Waals surface area contributed by atoms with E-state index in [1.165, 1.54) is 18.3 Å². The molecular weight excluding hydrogens is 240 g/mol. The van der Waals surface area contributed by atoms with Gasteiger partial charge in [-0.1, -0.05) is 6.92 Å². The molecule has 0 saturated heterocycles. The minimum Gasteiger partial charge on any atom is -0.480 e. The van der Waals surface area contributed by atoms with Gasteiger partial charge in [-0.05, 0) is 18.6 Å². The molecule has 0 spiro atoms. The molecule has 1 aromatic rings. The van der Waals surface area contributed by atoms with Crippen molar-refractivity contribution in [3.63, 3.8) is 0 Å². The Morgan fingerprint density at radius 2 is 2.22 bits per heavy atom. The number of aliphatic carboxylic acids is 1. The van der Waals surface area contributed by atoms with E-state index in [-0.39, 0.29) is 12.2 Å². The van der Waals surface area contributed by atoms with Gasteiger partial charge in [0.1, 0.15) is 6.04 Å². The highest BCUT2D eigenvalue weighted by Crippen LogP contribution is 2.11. The van der Waals surface area contributed by atoms with Crippen LogP contribution in [0.5, 0.6) is 5.75 Å². The Kier molecular flexibility index (Phi) is 4.47. The number of aromatic nitrogens is 1. The summed E-state index contributed by atoms with van der Waals surface area (Å²) in [7, 11) is 0. The molecule has 98 valence electrons. The van der Waals surface area contributed by atoms with E-state index in [9.17, 15) is 14.4 Å². The maximum Gasteiger partial charge on any atom is 0.326 e. The fraction of sp³-hybridized carbons (Fsp3) is 0.364. The number of nitrogens with two attached hydrogens (primary N) is 1. The number of amides is 1. The van der Waals surface area contributed by atoms with Crippen molar-refractivity contribution in [3.05, 3.63) is 28.7 Å². The first kappa shape index (κ1) is 13.8. The van der Waals surface area contributed by atoms with E-state index in [2.05, 4.69) is 0 Å². The molecular formula is C11H14N2O5. The molecule has 1 atom stereocenters. The Hall–Kier alpha value is -2.31.